The van der Waals surface area contributed by atoms with Gasteiger partial charge >= 0.3 is 5.97 Å². The summed E-state index contributed by atoms with van der Waals surface area (Å²) < 4.78 is 5.47. The van der Waals surface area contributed by atoms with E-state index >= 15 is 0 Å². The van der Waals surface area contributed by atoms with Crippen LogP contribution in [0.4, 0.5) is 0 Å². The monoisotopic (exact) mass is 408 g/mol. The van der Waals surface area contributed by atoms with Gasteiger partial charge in [0.25, 0.3) is 5.91 Å². The lowest BCUT2D eigenvalue weighted by Crippen LogP contribution is -2.49. The number of hydrogen-bond donors (Lipinski definition) is 0. The maximum atomic E-state index is 12.9. The first-order chi connectivity index (χ1) is 14.0. The SMILES string of the molecule is C[C@@H]1CCC[C@@H](C)N1C(=O)COC(=O)c1cc(-c2cccs2)nc2ccccc12. The number of benzene rings is 1. The van der Waals surface area contributed by atoms with Crippen molar-refractivity contribution in [1.82, 2.24) is 9.88 Å². The highest BCUT2D eigenvalue weighted by molar-refractivity contribution is 7.13. The van der Waals surface area contributed by atoms with Crippen LogP contribution in [0.15, 0.2) is 47.8 Å². The maximum Gasteiger partial charge on any atom is 0.339 e. The Bertz CT molecular complexity index is 1020. The van der Waals surface area contributed by atoms with Gasteiger partial charge in [0.15, 0.2) is 6.61 Å². The molecule has 1 aliphatic rings. The molecule has 2 atom stereocenters. The summed E-state index contributed by atoms with van der Waals surface area (Å²) >= 11 is 1.57. The molecule has 3 heterocycles. The van der Waals surface area contributed by atoms with Crippen LogP contribution in [0, 0.1) is 0 Å². The zero-order chi connectivity index (χ0) is 20.4. The Morgan fingerprint density at radius 2 is 1.90 bits per heavy atom. The number of esters is 1. The van der Waals surface area contributed by atoms with Gasteiger partial charge in [-0.1, -0.05) is 24.3 Å². The molecular weight excluding hydrogens is 384 g/mol. The first-order valence-corrected chi connectivity index (χ1v) is 10.8. The molecule has 1 aromatic carbocycles. The van der Waals surface area contributed by atoms with Crippen LogP contribution in [-0.2, 0) is 9.53 Å². The van der Waals surface area contributed by atoms with Crippen molar-refractivity contribution in [3.8, 4) is 10.6 Å². The number of fused-ring (bicyclic) bond motifs is 1. The van der Waals surface area contributed by atoms with E-state index in [2.05, 4.69) is 18.8 Å². The lowest BCUT2D eigenvalue weighted by atomic mass is 9.97. The molecule has 150 valence electrons. The minimum absolute atomic E-state index is 0.130. The predicted octanol–water partition coefficient (Wildman–Crippen LogP) is 4.91. The van der Waals surface area contributed by atoms with Gasteiger partial charge in [0.1, 0.15) is 0 Å². The van der Waals surface area contributed by atoms with E-state index in [1.54, 1.807) is 17.4 Å². The fourth-order valence-electron chi connectivity index (χ4n) is 4.09. The first kappa shape index (κ1) is 19.6. The molecule has 0 spiro atoms. The molecule has 0 N–H and O–H groups in total. The largest absolute Gasteiger partial charge is 0.452 e. The number of aromatic nitrogens is 1. The number of ether oxygens (including phenoxy) is 1. The number of rotatable bonds is 4. The number of para-hydroxylation sites is 1. The van der Waals surface area contributed by atoms with Crippen molar-refractivity contribution in [2.75, 3.05) is 6.61 Å². The minimum atomic E-state index is -0.493. The third kappa shape index (κ3) is 4.03. The van der Waals surface area contributed by atoms with E-state index in [-0.39, 0.29) is 24.6 Å². The van der Waals surface area contributed by atoms with Gasteiger partial charge in [-0.15, -0.1) is 11.3 Å². The average molecular weight is 409 g/mol. The van der Waals surface area contributed by atoms with Gasteiger partial charge in [0.05, 0.1) is 21.7 Å². The molecule has 29 heavy (non-hydrogen) atoms. The summed E-state index contributed by atoms with van der Waals surface area (Å²) in [5, 5.41) is 2.70. The van der Waals surface area contributed by atoms with Crippen LogP contribution in [0.25, 0.3) is 21.5 Å². The molecule has 1 amide bonds. The van der Waals surface area contributed by atoms with Crippen molar-refractivity contribution in [1.29, 1.82) is 0 Å². The van der Waals surface area contributed by atoms with E-state index in [9.17, 15) is 9.59 Å². The molecule has 0 bridgehead atoms. The smallest absolute Gasteiger partial charge is 0.339 e. The van der Waals surface area contributed by atoms with E-state index < -0.39 is 5.97 Å². The van der Waals surface area contributed by atoms with Gasteiger partial charge in [0.2, 0.25) is 0 Å². The van der Waals surface area contributed by atoms with E-state index in [0.717, 1.165) is 40.7 Å². The number of carbonyl (C=O) groups excluding carboxylic acids is 2. The zero-order valence-electron chi connectivity index (χ0n) is 16.6. The molecule has 3 aromatic rings. The number of carbonyl (C=O) groups is 2. The first-order valence-electron chi connectivity index (χ1n) is 9.96. The molecule has 2 aromatic heterocycles. The topological polar surface area (TPSA) is 59.5 Å². The summed E-state index contributed by atoms with van der Waals surface area (Å²) in [5.41, 5.74) is 1.90. The fraction of sp³-hybridized carbons (Fsp3) is 0.348. The highest BCUT2D eigenvalue weighted by atomic mass is 32.1. The summed E-state index contributed by atoms with van der Waals surface area (Å²) in [6, 6.07) is 13.5. The third-order valence-electron chi connectivity index (χ3n) is 5.52. The van der Waals surface area contributed by atoms with Crippen molar-refractivity contribution in [2.45, 2.75) is 45.2 Å². The van der Waals surface area contributed by atoms with Crippen LogP contribution in [0.3, 0.4) is 0 Å². The van der Waals surface area contributed by atoms with E-state index in [1.165, 1.54) is 0 Å². The molecule has 1 saturated heterocycles. The average Bonchev–Trinajstić information content (AvgIpc) is 3.26. The molecule has 0 aliphatic carbocycles. The number of amides is 1. The van der Waals surface area contributed by atoms with Gasteiger partial charge in [0, 0.05) is 17.5 Å². The van der Waals surface area contributed by atoms with Gasteiger partial charge in [-0.05, 0) is 56.7 Å². The van der Waals surface area contributed by atoms with Crippen molar-refractivity contribution in [3.63, 3.8) is 0 Å². The Hall–Kier alpha value is -2.73. The van der Waals surface area contributed by atoms with Crippen molar-refractivity contribution >= 4 is 34.1 Å². The molecule has 1 aliphatic heterocycles. The van der Waals surface area contributed by atoms with Crippen LogP contribution in [-0.4, -0.2) is 40.5 Å². The third-order valence-corrected chi connectivity index (χ3v) is 6.41. The Morgan fingerprint density at radius 1 is 1.14 bits per heavy atom. The van der Waals surface area contributed by atoms with Gasteiger partial charge in [-0.25, -0.2) is 9.78 Å². The lowest BCUT2D eigenvalue weighted by Gasteiger charge is -2.38. The second-order valence-electron chi connectivity index (χ2n) is 7.56. The number of hydrogen-bond acceptors (Lipinski definition) is 5. The van der Waals surface area contributed by atoms with Gasteiger partial charge in [-0.2, -0.15) is 0 Å². The van der Waals surface area contributed by atoms with Gasteiger partial charge < -0.3 is 9.64 Å². The summed E-state index contributed by atoms with van der Waals surface area (Å²) in [6.45, 7) is 3.87. The number of nitrogens with zero attached hydrogens (tertiary/aromatic N) is 2. The summed E-state index contributed by atoms with van der Waals surface area (Å²) in [7, 11) is 0. The number of piperidine rings is 1. The quantitative estimate of drug-likeness (QED) is 0.576. The molecule has 6 heteroatoms. The summed E-state index contributed by atoms with van der Waals surface area (Å²) in [6.07, 6.45) is 3.10. The second kappa shape index (κ2) is 8.33. The molecular formula is C23H24N2O3S. The highest BCUT2D eigenvalue weighted by Crippen LogP contribution is 2.28. The number of pyridine rings is 1. The summed E-state index contributed by atoms with van der Waals surface area (Å²) in [4.78, 5) is 33.1. The molecule has 5 nitrogen and oxygen atoms in total. The maximum absolute atomic E-state index is 12.9. The molecule has 1 fully saturated rings. The van der Waals surface area contributed by atoms with E-state index in [1.807, 2.05) is 46.7 Å². The zero-order valence-corrected chi connectivity index (χ0v) is 17.4. The Kier molecular flexibility index (Phi) is 5.62. The minimum Gasteiger partial charge on any atom is -0.452 e. The Balaban J connectivity index is 1.57. The van der Waals surface area contributed by atoms with Crippen molar-refractivity contribution in [3.05, 3.63) is 53.4 Å². The fourth-order valence-corrected chi connectivity index (χ4v) is 4.77. The van der Waals surface area contributed by atoms with Crippen molar-refractivity contribution < 1.29 is 14.3 Å². The summed E-state index contributed by atoms with van der Waals surface area (Å²) in [5.74, 6) is -0.623. The Labute approximate surface area is 174 Å². The molecule has 0 unspecified atom stereocenters. The molecule has 0 radical (unpaired) electrons. The van der Waals surface area contributed by atoms with Gasteiger partial charge in [-0.3, -0.25) is 4.79 Å². The van der Waals surface area contributed by atoms with Crippen LogP contribution in [0.1, 0.15) is 43.5 Å². The van der Waals surface area contributed by atoms with Crippen LogP contribution in [0.2, 0.25) is 0 Å². The predicted molar refractivity (Wildman–Crippen MR) is 115 cm³/mol. The number of likely N-dealkylation sites (tertiary alicyclic amines) is 1. The standard InChI is InChI=1S/C23H24N2O3S/c1-15-7-5-8-16(2)25(15)22(26)14-28-23(27)18-13-20(21-11-6-12-29-21)24-19-10-4-3-9-17(18)19/h3-4,6,9-13,15-16H,5,7-8,14H2,1-2H3/t15-,16-/m1/s1. The number of thiophene rings is 1. The lowest BCUT2D eigenvalue weighted by molar-refractivity contribution is -0.140. The van der Waals surface area contributed by atoms with Crippen LogP contribution in [0.5, 0.6) is 0 Å². The molecule has 4 rings (SSSR count). The highest BCUT2D eigenvalue weighted by Gasteiger charge is 2.29. The van der Waals surface area contributed by atoms with E-state index in [0.29, 0.717) is 5.56 Å². The molecule has 0 saturated carbocycles. The second-order valence-corrected chi connectivity index (χ2v) is 8.50. The normalized spacial score (nSPS) is 19.3. The van der Waals surface area contributed by atoms with E-state index in [4.69, 9.17) is 4.74 Å². The van der Waals surface area contributed by atoms with Crippen LogP contribution < -0.4 is 0 Å². The van der Waals surface area contributed by atoms with Crippen LogP contribution >= 0.6 is 11.3 Å². The van der Waals surface area contributed by atoms with Crippen molar-refractivity contribution in [2.24, 2.45) is 0 Å². The Morgan fingerprint density at radius 3 is 2.62 bits per heavy atom.